The van der Waals surface area contributed by atoms with E-state index < -0.39 is 17.8 Å². The van der Waals surface area contributed by atoms with Crippen molar-refractivity contribution in [1.29, 1.82) is 0 Å². The molecule has 1 aromatic rings. The van der Waals surface area contributed by atoms with Crippen molar-refractivity contribution in [2.24, 2.45) is 5.92 Å². The van der Waals surface area contributed by atoms with Crippen LogP contribution in [0.3, 0.4) is 0 Å². The number of rotatable bonds is 4. The van der Waals surface area contributed by atoms with Crippen LogP contribution >= 0.6 is 0 Å². The number of carbonyl (C=O) groups is 2. The molecule has 3 N–H and O–H groups in total. The van der Waals surface area contributed by atoms with Gasteiger partial charge < -0.3 is 15.7 Å². The summed E-state index contributed by atoms with van der Waals surface area (Å²) in [6.45, 7) is 5.66. The second-order valence-electron chi connectivity index (χ2n) is 4.60. The Kier molecular flexibility index (Phi) is 4.86. The molecule has 5 nitrogen and oxygen atoms in total. The molecular weight excluding hydrogens is 251 g/mol. The molecule has 1 unspecified atom stereocenters. The number of nitrogens with one attached hydrogen (secondary N) is 2. The summed E-state index contributed by atoms with van der Waals surface area (Å²) in [4.78, 5) is 22.6. The van der Waals surface area contributed by atoms with Gasteiger partial charge >= 0.3 is 12.0 Å². The fourth-order valence-corrected chi connectivity index (χ4v) is 1.35. The number of anilines is 1. The minimum absolute atomic E-state index is 0.111. The van der Waals surface area contributed by atoms with Gasteiger partial charge in [-0.3, -0.25) is 0 Å². The minimum atomic E-state index is -1.30. The Bertz CT molecular complexity index is 489. The summed E-state index contributed by atoms with van der Waals surface area (Å²) >= 11 is 0. The fourth-order valence-electron chi connectivity index (χ4n) is 1.35. The summed E-state index contributed by atoms with van der Waals surface area (Å²) < 4.78 is 13.6. The summed E-state index contributed by atoms with van der Waals surface area (Å²) in [5.74, 6) is -1.87. The third kappa shape index (κ3) is 3.94. The molecule has 0 aliphatic carbocycles. The number of benzene rings is 1. The van der Waals surface area contributed by atoms with Gasteiger partial charge in [0.1, 0.15) is 5.82 Å². The van der Waals surface area contributed by atoms with Crippen LogP contribution in [-0.2, 0) is 0 Å². The molecule has 0 spiro atoms. The largest absolute Gasteiger partial charge is 0.478 e. The molecular formula is C13H17FN2O3. The van der Waals surface area contributed by atoms with Crippen LogP contribution in [0.4, 0.5) is 14.9 Å². The van der Waals surface area contributed by atoms with Crippen molar-refractivity contribution in [1.82, 2.24) is 5.32 Å². The molecule has 0 bridgehead atoms. The molecule has 0 radical (unpaired) electrons. The molecule has 0 fully saturated rings. The molecule has 1 rings (SSSR count). The van der Waals surface area contributed by atoms with E-state index in [9.17, 15) is 14.0 Å². The van der Waals surface area contributed by atoms with Crippen LogP contribution in [0.2, 0.25) is 0 Å². The Morgan fingerprint density at radius 2 is 1.89 bits per heavy atom. The average molecular weight is 268 g/mol. The van der Waals surface area contributed by atoms with Gasteiger partial charge in [0.2, 0.25) is 0 Å². The smallest absolute Gasteiger partial charge is 0.337 e. The first-order valence-electron chi connectivity index (χ1n) is 5.92. The van der Waals surface area contributed by atoms with Crippen LogP contribution in [0.25, 0.3) is 0 Å². The summed E-state index contributed by atoms with van der Waals surface area (Å²) in [5.41, 5.74) is -0.615. The van der Waals surface area contributed by atoms with E-state index in [0.717, 1.165) is 6.07 Å². The lowest BCUT2D eigenvalue weighted by atomic mass is 10.1. The van der Waals surface area contributed by atoms with Gasteiger partial charge in [-0.05, 0) is 25.0 Å². The van der Waals surface area contributed by atoms with Crippen molar-refractivity contribution >= 4 is 17.7 Å². The Hall–Kier alpha value is -2.11. The third-order valence-corrected chi connectivity index (χ3v) is 2.84. The lowest BCUT2D eigenvalue weighted by Gasteiger charge is -2.18. The minimum Gasteiger partial charge on any atom is -0.478 e. The zero-order valence-corrected chi connectivity index (χ0v) is 11.0. The van der Waals surface area contributed by atoms with Gasteiger partial charge in [-0.1, -0.05) is 19.9 Å². The van der Waals surface area contributed by atoms with E-state index in [1.165, 1.54) is 12.1 Å². The molecule has 0 aliphatic heterocycles. The quantitative estimate of drug-likeness (QED) is 0.785. The second-order valence-corrected chi connectivity index (χ2v) is 4.60. The van der Waals surface area contributed by atoms with Crippen LogP contribution in [0.5, 0.6) is 0 Å². The Balaban J connectivity index is 2.88. The average Bonchev–Trinajstić information content (AvgIpc) is 2.31. The van der Waals surface area contributed by atoms with Crippen molar-refractivity contribution in [3.63, 3.8) is 0 Å². The van der Waals surface area contributed by atoms with E-state index in [2.05, 4.69) is 10.6 Å². The molecule has 6 heteroatoms. The summed E-state index contributed by atoms with van der Waals surface area (Å²) in [5, 5.41) is 13.8. The van der Waals surface area contributed by atoms with Gasteiger partial charge in [0.05, 0.1) is 11.3 Å². The molecule has 104 valence electrons. The lowest BCUT2D eigenvalue weighted by molar-refractivity contribution is 0.0697. The molecule has 0 saturated heterocycles. The van der Waals surface area contributed by atoms with Gasteiger partial charge in [-0.2, -0.15) is 0 Å². The molecule has 19 heavy (non-hydrogen) atoms. The standard InChI is InChI=1S/C13H17FN2O3/c1-7(2)8(3)15-13(19)16-11-9(12(17)18)5-4-6-10(11)14/h4-8H,1-3H3,(H,17,18)(H2,15,16,19). The number of carboxylic acid groups (broad SMARTS) is 1. The maximum atomic E-state index is 13.6. The van der Waals surface area contributed by atoms with Crippen molar-refractivity contribution in [2.45, 2.75) is 26.8 Å². The summed E-state index contributed by atoms with van der Waals surface area (Å²) in [6.07, 6.45) is 0. The normalized spacial score (nSPS) is 12.1. The van der Waals surface area contributed by atoms with Crippen molar-refractivity contribution < 1.29 is 19.1 Å². The monoisotopic (exact) mass is 268 g/mol. The second kappa shape index (κ2) is 6.17. The molecule has 1 aromatic carbocycles. The molecule has 1 atom stereocenters. The van der Waals surface area contributed by atoms with Gasteiger partial charge in [0.25, 0.3) is 0 Å². The van der Waals surface area contributed by atoms with Gasteiger partial charge in [-0.25, -0.2) is 14.0 Å². The van der Waals surface area contributed by atoms with Crippen molar-refractivity contribution in [2.75, 3.05) is 5.32 Å². The number of aromatic carboxylic acids is 1. The molecule has 0 aromatic heterocycles. The van der Waals surface area contributed by atoms with Crippen LogP contribution in [0, 0.1) is 11.7 Å². The Morgan fingerprint density at radius 1 is 1.26 bits per heavy atom. The summed E-state index contributed by atoms with van der Waals surface area (Å²) in [6, 6.07) is 2.85. The zero-order valence-electron chi connectivity index (χ0n) is 11.0. The SMILES string of the molecule is CC(C)C(C)NC(=O)Nc1c(F)cccc1C(=O)O. The van der Waals surface area contributed by atoms with Gasteiger partial charge in [0, 0.05) is 6.04 Å². The van der Waals surface area contributed by atoms with Crippen LogP contribution in [0.1, 0.15) is 31.1 Å². The number of amides is 2. The number of carboxylic acids is 1. The van der Waals surface area contributed by atoms with Crippen LogP contribution < -0.4 is 10.6 Å². The van der Waals surface area contributed by atoms with Crippen LogP contribution in [-0.4, -0.2) is 23.1 Å². The highest BCUT2D eigenvalue weighted by Gasteiger charge is 2.17. The van der Waals surface area contributed by atoms with E-state index in [0.29, 0.717) is 0 Å². The lowest BCUT2D eigenvalue weighted by Crippen LogP contribution is -2.39. The first-order valence-corrected chi connectivity index (χ1v) is 5.92. The number of carbonyl (C=O) groups excluding carboxylic acids is 1. The molecule has 0 saturated carbocycles. The summed E-state index contributed by atoms with van der Waals surface area (Å²) in [7, 11) is 0. The van der Waals surface area contributed by atoms with E-state index in [-0.39, 0.29) is 23.2 Å². The number of urea groups is 1. The fraction of sp³-hybridized carbons (Fsp3) is 0.385. The highest BCUT2D eigenvalue weighted by molar-refractivity contribution is 6.00. The number of hydrogen-bond acceptors (Lipinski definition) is 2. The van der Waals surface area contributed by atoms with E-state index in [4.69, 9.17) is 5.11 Å². The molecule has 0 heterocycles. The zero-order chi connectivity index (χ0) is 14.6. The molecule has 2 amide bonds. The number of halogens is 1. The first kappa shape index (κ1) is 14.9. The topological polar surface area (TPSA) is 78.4 Å². The van der Waals surface area contributed by atoms with Gasteiger partial charge in [-0.15, -0.1) is 0 Å². The highest BCUT2D eigenvalue weighted by atomic mass is 19.1. The predicted octanol–water partition coefficient (Wildman–Crippen LogP) is 2.69. The van der Waals surface area contributed by atoms with E-state index in [1.807, 2.05) is 20.8 Å². The molecule has 0 aliphatic rings. The maximum Gasteiger partial charge on any atom is 0.337 e. The predicted molar refractivity (Wildman–Crippen MR) is 69.8 cm³/mol. The van der Waals surface area contributed by atoms with Gasteiger partial charge in [0.15, 0.2) is 0 Å². The first-order chi connectivity index (χ1) is 8.82. The van der Waals surface area contributed by atoms with Crippen molar-refractivity contribution in [3.8, 4) is 0 Å². The Labute approximate surface area is 110 Å². The number of hydrogen-bond donors (Lipinski definition) is 3. The van der Waals surface area contributed by atoms with E-state index in [1.54, 1.807) is 0 Å². The highest BCUT2D eigenvalue weighted by Crippen LogP contribution is 2.19. The van der Waals surface area contributed by atoms with E-state index >= 15 is 0 Å². The Morgan fingerprint density at radius 3 is 2.42 bits per heavy atom. The maximum absolute atomic E-state index is 13.6. The van der Waals surface area contributed by atoms with Crippen LogP contribution in [0.15, 0.2) is 18.2 Å². The van der Waals surface area contributed by atoms with Crippen molar-refractivity contribution in [3.05, 3.63) is 29.6 Å². The number of para-hydroxylation sites is 1. The third-order valence-electron chi connectivity index (χ3n) is 2.84.